The molecule has 0 radical (unpaired) electrons. The molecule has 2 aromatic carbocycles. The van der Waals surface area contributed by atoms with E-state index in [4.69, 9.17) is 11.1 Å². The summed E-state index contributed by atoms with van der Waals surface area (Å²) < 4.78 is 0. The zero-order valence-electron chi connectivity index (χ0n) is 17.0. The third-order valence-corrected chi connectivity index (χ3v) is 4.07. The summed E-state index contributed by atoms with van der Waals surface area (Å²) >= 11 is 0. The Morgan fingerprint density at radius 1 is 1.11 bits per heavy atom. The summed E-state index contributed by atoms with van der Waals surface area (Å²) in [5.41, 5.74) is 8.63. The molecule has 0 unspecified atom stereocenters. The van der Waals surface area contributed by atoms with Crippen molar-refractivity contribution in [1.82, 2.24) is 0 Å². The van der Waals surface area contributed by atoms with Crippen molar-refractivity contribution >= 4 is 23.0 Å². The average Bonchev–Trinajstić information content (AvgIpc) is 3.54. The fourth-order valence-corrected chi connectivity index (χ4v) is 2.59. The normalized spacial score (nSPS) is 12.0. The molecule has 148 valence electrons. The maximum atomic E-state index is 12.0. The van der Waals surface area contributed by atoms with E-state index < -0.39 is 0 Å². The number of anilines is 2. The second-order valence-electron chi connectivity index (χ2n) is 6.31. The molecule has 0 heterocycles. The van der Waals surface area contributed by atoms with Crippen molar-refractivity contribution in [2.45, 2.75) is 47.0 Å². The number of nitrogens with one attached hydrogen (secondary N) is 1. The Labute approximate surface area is 165 Å². The van der Waals surface area contributed by atoms with E-state index in [0.29, 0.717) is 23.2 Å². The number of nitrogens with two attached hydrogens (primary N) is 1. The van der Waals surface area contributed by atoms with E-state index in [-0.39, 0.29) is 1.43 Å². The first-order valence-corrected chi connectivity index (χ1v) is 9.81. The molecule has 1 saturated carbocycles. The molecule has 0 bridgehead atoms. The smallest absolute Gasteiger partial charge is 0.230 e. The van der Waals surface area contributed by atoms with Crippen LogP contribution in [0.4, 0.5) is 11.4 Å². The highest BCUT2D eigenvalue weighted by molar-refractivity contribution is 6.00. The van der Waals surface area contributed by atoms with Crippen molar-refractivity contribution in [3.05, 3.63) is 60.2 Å². The van der Waals surface area contributed by atoms with E-state index in [1.807, 2.05) is 67.3 Å². The number of hydrogen-bond acceptors (Lipinski definition) is 3. The number of nitrogen functional groups attached to an aromatic ring is 1. The standard InChI is InChI=1S/C13H17NO.C8H10N2.C2H6.H2/c1-2-10-14(13(15)11-8-9-11)12-6-4-3-5-7-12;1-6(9)7-4-2-3-5-8(7)10;1-2;/h3-7,11H,2,8-10H2,1H3;2-5,9H,10H2,1H3;1-2H3;1H. The van der Waals surface area contributed by atoms with Crippen LogP contribution in [0.1, 0.15) is 53.9 Å². The molecule has 27 heavy (non-hydrogen) atoms. The highest BCUT2D eigenvalue weighted by Crippen LogP contribution is 2.32. The fourth-order valence-electron chi connectivity index (χ4n) is 2.59. The Balaban J connectivity index is 0.000000493. The van der Waals surface area contributed by atoms with Crippen molar-refractivity contribution < 1.29 is 6.22 Å². The molecule has 1 amide bonds. The van der Waals surface area contributed by atoms with Gasteiger partial charge in [0, 0.05) is 36.5 Å². The third-order valence-electron chi connectivity index (χ3n) is 4.07. The molecular weight excluding hydrogens is 334 g/mol. The zero-order chi connectivity index (χ0) is 20.2. The number of carbonyl (C=O) groups is 1. The van der Waals surface area contributed by atoms with Crippen molar-refractivity contribution in [3.63, 3.8) is 0 Å². The van der Waals surface area contributed by atoms with Gasteiger partial charge in [-0.25, -0.2) is 0 Å². The Kier molecular flexibility index (Phi) is 9.88. The zero-order valence-corrected chi connectivity index (χ0v) is 17.0. The number of benzene rings is 2. The number of nitrogens with zero attached hydrogens (tertiary/aromatic N) is 1. The van der Waals surface area contributed by atoms with Crippen LogP contribution in [-0.2, 0) is 4.79 Å². The van der Waals surface area contributed by atoms with E-state index >= 15 is 0 Å². The molecule has 2 aromatic rings. The quantitative estimate of drug-likeness (QED) is 0.519. The molecule has 0 aliphatic heterocycles. The van der Waals surface area contributed by atoms with E-state index in [1.54, 1.807) is 13.0 Å². The first-order valence-electron chi connectivity index (χ1n) is 9.81. The van der Waals surface area contributed by atoms with Crippen LogP contribution in [0.15, 0.2) is 54.6 Å². The molecule has 3 rings (SSSR count). The van der Waals surface area contributed by atoms with Gasteiger partial charge in [-0.05, 0) is 44.4 Å². The van der Waals surface area contributed by atoms with Gasteiger partial charge in [-0.1, -0.05) is 57.2 Å². The number of rotatable bonds is 5. The summed E-state index contributed by atoms with van der Waals surface area (Å²) in [6, 6.07) is 17.4. The topological polar surface area (TPSA) is 70.2 Å². The van der Waals surface area contributed by atoms with Crippen LogP contribution < -0.4 is 10.6 Å². The van der Waals surface area contributed by atoms with Gasteiger partial charge < -0.3 is 16.0 Å². The highest BCUT2D eigenvalue weighted by Gasteiger charge is 2.33. The molecule has 1 fully saturated rings. The second kappa shape index (κ2) is 11.9. The summed E-state index contributed by atoms with van der Waals surface area (Å²) in [6.07, 6.45) is 3.16. The summed E-state index contributed by atoms with van der Waals surface area (Å²) in [5, 5.41) is 7.30. The fraction of sp³-hybridized carbons (Fsp3) is 0.391. The predicted molar refractivity (Wildman–Crippen MR) is 119 cm³/mol. The Bertz CT molecular complexity index is 715. The minimum atomic E-state index is 0. The van der Waals surface area contributed by atoms with Gasteiger partial charge in [0.25, 0.3) is 0 Å². The van der Waals surface area contributed by atoms with Crippen LogP contribution >= 0.6 is 0 Å². The lowest BCUT2D eigenvalue weighted by Gasteiger charge is -2.22. The van der Waals surface area contributed by atoms with Crippen molar-refractivity contribution in [2.24, 2.45) is 5.92 Å². The molecule has 0 atom stereocenters. The van der Waals surface area contributed by atoms with Gasteiger partial charge >= 0.3 is 0 Å². The maximum Gasteiger partial charge on any atom is 0.230 e. The lowest BCUT2D eigenvalue weighted by Crippen LogP contribution is -2.32. The predicted octanol–water partition coefficient (Wildman–Crippen LogP) is 5.77. The van der Waals surface area contributed by atoms with Crippen LogP contribution in [0.3, 0.4) is 0 Å². The summed E-state index contributed by atoms with van der Waals surface area (Å²) in [6.45, 7) is 8.67. The third kappa shape index (κ3) is 7.26. The van der Waals surface area contributed by atoms with E-state index in [1.165, 1.54) is 0 Å². The molecular formula is C23H35N3O. The van der Waals surface area contributed by atoms with Crippen molar-refractivity contribution in [3.8, 4) is 0 Å². The molecule has 1 aliphatic rings. The van der Waals surface area contributed by atoms with Gasteiger partial charge in [0.15, 0.2) is 0 Å². The van der Waals surface area contributed by atoms with E-state index in [9.17, 15) is 4.79 Å². The summed E-state index contributed by atoms with van der Waals surface area (Å²) in [4.78, 5) is 14.0. The van der Waals surface area contributed by atoms with Gasteiger partial charge in [0.1, 0.15) is 0 Å². The Hall–Kier alpha value is -2.62. The molecule has 4 nitrogen and oxygen atoms in total. The van der Waals surface area contributed by atoms with Crippen LogP contribution in [-0.4, -0.2) is 18.2 Å². The number of hydrogen-bond donors (Lipinski definition) is 2. The second-order valence-corrected chi connectivity index (χ2v) is 6.31. The van der Waals surface area contributed by atoms with Crippen LogP contribution in [0, 0.1) is 11.3 Å². The monoisotopic (exact) mass is 369 g/mol. The van der Waals surface area contributed by atoms with Gasteiger partial charge in [-0.15, -0.1) is 0 Å². The van der Waals surface area contributed by atoms with Crippen molar-refractivity contribution in [1.29, 1.82) is 5.41 Å². The molecule has 0 spiro atoms. The highest BCUT2D eigenvalue weighted by atomic mass is 16.2. The van der Waals surface area contributed by atoms with E-state index in [2.05, 4.69) is 6.92 Å². The summed E-state index contributed by atoms with van der Waals surface area (Å²) in [7, 11) is 0. The average molecular weight is 370 g/mol. The maximum absolute atomic E-state index is 12.0. The number of amides is 1. The molecule has 0 saturated heterocycles. The minimum absolute atomic E-state index is 0. The Morgan fingerprint density at radius 3 is 2.11 bits per heavy atom. The first-order chi connectivity index (χ1) is 13.0. The van der Waals surface area contributed by atoms with Gasteiger partial charge in [-0.3, -0.25) is 4.79 Å². The molecule has 3 N–H and O–H groups in total. The Morgan fingerprint density at radius 2 is 1.67 bits per heavy atom. The lowest BCUT2D eigenvalue weighted by molar-refractivity contribution is -0.119. The van der Waals surface area contributed by atoms with Gasteiger partial charge in [0.05, 0.1) is 0 Å². The summed E-state index contributed by atoms with van der Waals surface area (Å²) in [5.74, 6) is 0.611. The molecule has 1 aliphatic carbocycles. The van der Waals surface area contributed by atoms with Crippen LogP contribution in [0.25, 0.3) is 0 Å². The van der Waals surface area contributed by atoms with Crippen molar-refractivity contribution in [2.75, 3.05) is 17.2 Å². The number of carbonyl (C=O) groups excluding carboxylic acids is 1. The largest absolute Gasteiger partial charge is 0.398 e. The van der Waals surface area contributed by atoms with Crippen LogP contribution in [0.2, 0.25) is 0 Å². The van der Waals surface area contributed by atoms with E-state index in [0.717, 1.165) is 37.1 Å². The van der Waals surface area contributed by atoms with Gasteiger partial charge in [-0.2, -0.15) is 0 Å². The first kappa shape index (κ1) is 22.4. The SMILES string of the molecule is CC.CC(=N)c1ccccc1N.CCCN(C(=O)C1CC1)c1ccccc1.[HH]. The van der Waals surface area contributed by atoms with Crippen LogP contribution in [0.5, 0.6) is 0 Å². The molecule has 4 heteroatoms. The minimum Gasteiger partial charge on any atom is -0.398 e. The van der Waals surface area contributed by atoms with Gasteiger partial charge in [0.2, 0.25) is 5.91 Å². The lowest BCUT2D eigenvalue weighted by atomic mass is 10.1. The number of para-hydroxylation sites is 2. The molecule has 0 aromatic heterocycles.